The smallest absolute Gasteiger partial charge is 0.387 e. The van der Waals surface area contributed by atoms with Gasteiger partial charge in [0.15, 0.2) is 11.5 Å². The first-order valence-electron chi connectivity index (χ1n) is 10.7. The number of piperidine rings is 1. The zero-order valence-electron chi connectivity index (χ0n) is 18.7. The average Bonchev–Trinajstić information content (AvgIpc) is 2.79. The summed E-state index contributed by atoms with van der Waals surface area (Å²) in [5, 5.41) is 11.4. The van der Waals surface area contributed by atoms with Crippen molar-refractivity contribution in [3.8, 4) is 11.5 Å². The van der Waals surface area contributed by atoms with Crippen LogP contribution in [0.1, 0.15) is 31.7 Å². The van der Waals surface area contributed by atoms with Crippen LogP contribution in [0.5, 0.6) is 11.5 Å². The molecular weight excluding hydrogens is 472 g/mol. The predicted molar refractivity (Wildman–Crippen MR) is 121 cm³/mol. The fraction of sp³-hybridized carbons (Fsp3) is 0.348. The summed E-state index contributed by atoms with van der Waals surface area (Å²) in [6.45, 7) is -4.55. The van der Waals surface area contributed by atoms with Gasteiger partial charge in [-0.15, -0.1) is 0 Å². The molecule has 1 atom stereocenters. The van der Waals surface area contributed by atoms with Crippen molar-refractivity contribution in [1.82, 2.24) is 5.01 Å². The van der Waals surface area contributed by atoms with E-state index >= 15 is 0 Å². The van der Waals surface area contributed by atoms with E-state index in [2.05, 4.69) is 25.2 Å². The molecule has 1 unspecified atom stereocenters. The Morgan fingerprint density at radius 2 is 1.60 bits per heavy atom. The lowest BCUT2D eigenvalue weighted by Crippen LogP contribution is -2.44. The Balaban J connectivity index is 1.70. The molecule has 0 aromatic heterocycles. The Hall–Kier alpha value is -3.83. The van der Waals surface area contributed by atoms with Crippen LogP contribution in [0.25, 0.3) is 0 Å². The molecule has 1 aliphatic heterocycles. The second kappa shape index (κ2) is 12.0. The number of nitrogens with zero attached hydrogens (tertiary/aromatic N) is 2. The van der Waals surface area contributed by atoms with Gasteiger partial charge in [-0.05, 0) is 67.3 Å². The van der Waals surface area contributed by atoms with E-state index in [1.807, 2.05) is 0 Å². The molecule has 0 bridgehead atoms. The van der Waals surface area contributed by atoms with Gasteiger partial charge in [0.2, 0.25) is 11.8 Å². The summed E-state index contributed by atoms with van der Waals surface area (Å²) in [5.74, 6) is -1.57. The molecule has 0 aliphatic carbocycles. The molecule has 0 saturated carbocycles. The first kappa shape index (κ1) is 25.8. The average molecular weight is 496 g/mol. The number of ether oxygens (including phenoxy) is 2. The molecule has 0 radical (unpaired) electrons. The van der Waals surface area contributed by atoms with Gasteiger partial charge in [-0.25, -0.2) is 0 Å². The van der Waals surface area contributed by atoms with Crippen LogP contribution in [-0.4, -0.2) is 48.8 Å². The van der Waals surface area contributed by atoms with Crippen LogP contribution < -0.4 is 20.1 Å². The van der Waals surface area contributed by atoms with Crippen LogP contribution in [0, 0.1) is 0 Å². The minimum atomic E-state index is -3.23. The van der Waals surface area contributed by atoms with E-state index in [9.17, 15) is 27.2 Å². The van der Waals surface area contributed by atoms with Gasteiger partial charge in [0.05, 0.1) is 6.21 Å². The number of hydrogen-bond donors (Lipinski definition) is 2. The Labute approximate surface area is 198 Å². The molecule has 2 amide bonds. The third-order valence-electron chi connectivity index (χ3n) is 5.01. The second-order valence-corrected chi connectivity index (χ2v) is 7.63. The number of rotatable bonds is 9. The van der Waals surface area contributed by atoms with Gasteiger partial charge in [-0.2, -0.15) is 22.7 Å². The van der Waals surface area contributed by atoms with Crippen LogP contribution in [-0.2, 0) is 9.59 Å². The molecule has 35 heavy (non-hydrogen) atoms. The van der Waals surface area contributed by atoms with Crippen molar-refractivity contribution in [2.75, 3.05) is 17.2 Å². The van der Waals surface area contributed by atoms with Gasteiger partial charge in [0.25, 0.3) is 0 Å². The van der Waals surface area contributed by atoms with Crippen molar-refractivity contribution in [1.29, 1.82) is 0 Å². The zero-order chi connectivity index (χ0) is 25.4. The number of anilines is 2. The van der Waals surface area contributed by atoms with E-state index in [0.29, 0.717) is 29.9 Å². The summed E-state index contributed by atoms with van der Waals surface area (Å²) in [5.41, 5.74) is 1.43. The first-order chi connectivity index (χ1) is 16.7. The predicted octanol–water partition coefficient (Wildman–Crippen LogP) is 4.67. The van der Waals surface area contributed by atoms with E-state index in [0.717, 1.165) is 25.0 Å². The number of halogens is 4. The summed E-state index contributed by atoms with van der Waals surface area (Å²) in [4.78, 5) is 24.0. The van der Waals surface area contributed by atoms with Crippen LogP contribution in [0.3, 0.4) is 0 Å². The number of alkyl halides is 4. The lowest BCUT2D eigenvalue weighted by Gasteiger charge is -2.32. The number of amides is 2. The number of carbonyl (C=O) groups is 2. The normalized spacial score (nSPS) is 16.0. The molecule has 12 heteroatoms. The van der Waals surface area contributed by atoms with E-state index in [1.54, 1.807) is 29.3 Å². The summed E-state index contributed by atoms with van der Waals surface area (Å²) in [7, 11) is 0. The highest BCUT2D eigenvalue weighted by Crippen LogP contribution is 2.31. The first-order valence-corrected chi connectivity index (χ1v) is 10.7. The maximum Gasteiger partial charge on any atom is 0.387 e. The van der Waals surface area contributed by atoms with E-state index in [4.69, 9.17) is 0 Å². The zero-order valence-corrected chi connectivity index (χ0v) is 18.7. The summed E-state index contributed by atoms with van der Waals surface area (Å²) >= 11 is 0. The number of hydrogen-bond acceptors (Lipinski definition) is 6. The van der Waals surface area contributed by atoms with E-state index in [-0.39, 0.29) is 11.8 Å². The lowest BCUT2D eigenvalue weighted by atomic mass is 10.0. The maximum atomic E-state index is 12.9. The Morgan fingerprint density at radius 1 is 0.971 bits per heavy atom. The molecule has 1 aliphatic rings. The van der Waals surface area contributed by atoms with E-state index < -0.39 is 30.8 Å². The number of benzene rings is 2. The summed E-state index contributed by atoms with van der Waals surface area (Å²) in [6, 6.07) is 9.60. The molecule has 8 nitrogen and oxygen atoms in total. The van der Waals surface area contributed by atoms with Crippen molar-refractivity contribution in [2.45, 2.75) is 45.5 Å². The summed E-state index contributed by atoms with van der Waals surface area (Å²) in [6.07, 6.45) is 3.50. The monoisotopic (exact) mass is 496 g/mol. The Kier molecular flexibility index (Phi) is 8.87. The molecule has 188 valence electrons. The van der Waals surface area contributed by atoms with Gasteiger partial charge in [-0.1, -0.05) is 0 Å². The maximum absolute atomic E-state index is 12.9. The number of nitrogens with one attached hydrogen (secondary N) is 2. The fourth-order valence-electron chi connectivity index (χ4n) is 3.51. The van der Waals surface area contributed by atoms with Crippen molar-refractivity contribution in [3.63, 3.8) is 0 Å². The van der Waals surface area contributed by atoms with Gasteiger partial charge in [-0.3, -0.25) is 14.6 Å². The quantitative estimate of drug-likeness (QED) is 0.389. The Bertz CT molecular complexity index is 1050. The highest BCUT2D eigenvalue weighted by Gasteiger charge is 2.28. The van der Waals surface area contributed by atoms with Gasteiger partial charge in [0.1, 0.15) is 6.04 Å². The van der Waals surface area contributed by atoms with Crippen molar-refractivity contribution >= 4 is 29.4 Å². The highest BCUT2D eigenvalue weighted by molar-refractivity contribution is 5.95. The van der Waals surface area contributed by atoms with Crippen molar-refractivity contribution < 1.29 is 36.6 Å². The molecule has 1 saturated heterocycles. The largest absolute Gasteiger partial charge is 0.431 e. The SMILES string of the molecule is CC(=O)Nc1ccc(NC(=O)C2CCCCN2/N=C/c2ccc(OC(F)F)c(OC(F)F)c2)cc1. The van der Waals surface area contributed by atoms with Crippen LogP contribution >= 0.6 is 0 Å². The fourth-order valence-corrected chi connectivity index (χ4v) is 3.51. The molecule has 1 fully saturated rings. The molecule has 3 rings (SSSR count). The van der Waals surface area contributed by atoms with Crippen LogP contribution in [0.15, 0.2) is 47.6 Å². The Morgan fingerprint density at radius 3 is 2.23 bits per heavy atom. The molecule has 2 aromatic carbocycles. The second-order valence-electron chi connectivity index (χ2n) is 7.63. The summed E-state index contributed by atoms with van der Waals surface area (Å²) < 4.78 is 58.9. The van der Waals surface area contributed by atoms with Crippen LogP contribution in [0.2, 0.25) is 0 Å². The highest BCUT2D eigenvalue weighted by atomic mass is 19.3. The molecular formula is C23H24F4N4O4. The lowest BCUT2D eigenvalue weighted by molar-refractivity contribution is -0.122. The molecule has 2 aromatic rings. The molecule has 2 N–H and O–H groups in total. The standard InChI is InChI=1S/C23H24F4N4O4/c1-14(32)29-16-6-8-17(9-7-16)30-21(33)18-4-2-3-11-31(18)28-13-15-5-10-19(34-22(24)25)20(12-15)35-23(26)27/h5-10,12-13,18,22-23H,2-4,11H2,1H3,(H,29,32)(H,30,33)/b28-13+. The van der Waals surface area contributed by atoms with Gasteiger partial charge < -0.3 is 20.1 Å². The van der Waals surface area contributed by atoms with E-state index in [1.165, 1.54) is 19.2 Å². The number of carbonyl (C=O) groups excluding carboxylic acids is 2. The van der Waals surface area contributed by atoms with Crippen molar-refractivity contribution in [3.05, 3.63) is 48.0 Å². The van der Waals surface area contributed by atoms with Gasteiger partial charge in [0, 0.05) is 24.8 Å². The molecule has 0 spiro atoms. The minimum absolute atomic E-state index is 0.207. The number of hydrazone groups is 1. The third kappa shape index (κ3) is 7.87. The topological polar surface area (TPSA) is 92.3 Å². The third-order valence-corrected chi connectivity index (χ3v) is 5.01. The van der Waals surface area contributed by atoms with Crippen LogP contribution in [0.4, 0.5) is 28.9 Å². The minimum Gasteiger partial charge on any atom is -0.431 e. The van der Waals surface area contributed by atoms with Gasteiger partial charge >= 0.3 is 13.2 Å². The molecule has 1 heterocycles. The van der Waals surface area contributed by atoms with Crippen molar-refractivity contribution in [2.24, 2.45) is 5.10 Å².